The van der Waals surface area contributed by atoms with Crippen LogP contribution in [0.15, 0.2) is 16.6 Å². The summed E-state index contributed by atoms with van der Waals surface area (Å²) in [5.74, 6) is 0.441. The molecule has 0 amide bonds. The summed E-state index contributed by atoms with van der Waals surface area (Å²) in [4.78, 5) is 2.45. The zero-order chi connectivity index (χ0) is 12.6. The Morgan fingerprint density at radius 3 is 2.71 bits per heavy atom. The van der Waals surface area contributed by atoms with Gasteiger partial charge in [-0.05, 0) is 57.9 Å². The molecule has 1 saturated heterocycles. The van der Waals surface area contributed by atoms with Gasteiger partial charge in [0.25, 0.3) is 0 Å². The lowest BCUT2D eigenvalue weighted by Gasteiger charge is -2.31. The van der Waals surface area contributed by atoms with E-state index < -0.39 is 0 Å². The van der Waals surface area contributed by atoms with E-state index in [4.69, 9.17) is 0 Å². The van der Waals surface area contributed by atoms with Gasteiger partial charge in [0.15, 0.2) is 0 Å². The molecule has 0 spiro atoms. The highest BCUT2D eigenvalue weighted by molar-refractivity contribution is 9.10. The van der Waals surface area contributed by atoms with Crippen LogP contribution in [0.4, 0.5) is 0 Å². The molecule has 1 aromatic carbocycles. The predicted molar refractivity (Wildman–Crippen MR) is 74.3 cm³/mol. The topological polar surface area (TPSA) is 23.5 Å². The molecule has 1 aliphatic rings. The van der Waals surface area contributed by atoms with Crippen LogP contribution in [-0.2, 0) is 6.54 Å². The van der Waals surface area contributed by atoms with Gasteiger partial charge in [0, 0.05) is 22.1 Å². The molecule has 1 heterocycles. The number of nitrogens with zero attached hydrogens (tertiary/aromatic N) is 1. The Morgan fingerprint density at radius 2 is 2.12 bits per heavy atom. The largest absolute Gasteiger partial charge is 0.507 e. The van der Waals surface area contributed by atoms with Crippen molar-refractivity contribution in [3.63, 3.8) is 0 Å². The molecule has 0 atom stereocenters. The quantitative estimate of drug-likeness (QED) is 0.896. The number of hydrogen-bond donors (Lipinski definition) is 1. The predicted octanol–water partition coefficient (Wildman–Crippen LogP) is 3.84. The summed E-state index contributed by atoms with van der Waals surface area (Å²) < 4.78 is 1.04. The molecule has 1 aliphatic heterocycles. The maximum absolute atomic E-state index is 10.1. The minimum absolute atomic E-state index is 0.253. The number of likely N-dealkylation sites (tertiary alicyclic amines) is 1. The second kappa shape index (κ2) is 4.62. The van der Waals surface area contributed by atoms with Crippen molar-refractivity contribution >= 4 is 15.9 Å². The number of rotatable bonds is 2. The van der Waals surface area contributed by atoms with Crippen LogP contribution < -0.4 is 0 Å². The normalized spacial score (nSPS) is 19.8. The van der Waals surface area contributed by atoms with E-state index in [0.29, 0.717) is 5.75 Å². The highest BCUT2D eigenvalue weighted by Gasteiger charge is 2.32. The standard InChI is InChI=1S/C14H20BrNO/c1-10-7-12(15)8-11(13(10)17)9-16-6-4-5-14(16,2)3/h7-8,17H,4-6,9H2,1-3H3. The smallest absolute Gasteiger partial charge is 0.123 e. The first-order valence-electron chi connectivity index (χ1n) is 6.13. The van der Waals surface area contributed by atoms with Gasteiger partial charge in [-0.15, -0.1) is 0 Å². The van der Waals surface area contributed by atoms with Gasteiger partial charge in [0.2, 0.25) is 0 Å². The number of aryl methyl sites for hydroxylation is 1. The maximum Gasteiger partial charge on any atom is 0.123 e. The lowest BCUT2D eigenvalue weighted by Crippen LogP contribution is -2.37. The Morgan fingerprint density at radius 1 is 1.41 bits per heavy atom. The lowest BCUT2D eigenvalue weighted by molar-refractivity contribution is 0.165. The van der Waals surface area contributed by atoms with E-state index in [9.17, 15) is 5.11 Å². The average Bonchev–Trinajstić information content (AvgIpc) is 2.54. The third-order valence-corrected chi connectivity index (χ3v) is 4.24. The number of phenols is 1. The molecule has 0 radical (unpaired) electrons. The van der Waals surface area contributed by atoms with Crippen molar-refractivity contribution in [2.75, 3.05) is 6.54 Å². The summed E-state index contributed by atoms with van der Waals surface area (Å²) in [7, 11) is 0. The Kier molecular flexibility index (Phi) is 3.50. The van der Waals surface area contributed by atoms with E-state index in [1.807, 2.05) is 19.1 Å². The first-order chi connectivity index (χ1) is 7.90. The molecule has 0 unspecified atom stereocenters. The van der Waals surface area contributed by atoms with Gasteiger partial charge in [-0.25, -0.2) is 0 Å². The summed E-state index contributed by atoms with van der Waals surface area (Å²) >= 11 is 3.50. The Labute approximate surface area is 112 Å². The zero-order valence-corrected chi connectivity index (χ0v) is 12.3. The van der Waals surface area contributed by atoms with Crippen LogP contribution in [0.25, 0.3) is 0 Å². The third kappa shape index (κ3) is 2.66. The summed E-state index contributed by atoms with van der Waals surface area (Å²) in [5.41, 5.74) is 2.21. The molecule has 0 saturated carbocycles. The second-order valence-electron chi connectivity index (χ2n) is 5.57. The van der Waals surface area contributed by atoms with E-state index in [1.54, 1.807) is 0 Å². The fourth-order valence-corrected chi connectivity index (χ4v) is 3.21. The van der Waals surface area contributed by atoms with Crippen molar-refractivity contribution in [2.45, 2.75) is 45.7 Å². The van der Waals surface area contributed by atoms with Crippen LogP contribution in [0, 0.1) is 6.92 Å². The first-order valence-corrected chi connectivity index (χ1v) is 6.92. The molecular formula is C14H20BrNO. The van der Waals surface area contributed by atoms with Crippen molar-refractivity contribution < 1.29 is 5.11 Å². The number of hydrogen-bond acceptors (Lipinski definition) is 2. The Hall–Kier alpha value is -0.540. The zero-order valence-electron chi connectivity index (χ0n) is 10.8. The van der Waals surface area contributed by atoms with Crippen LogP contribution in [0.2, 0.25) is 0 Å². The number of benzene rings is 1. The summed E-state index contributed by atoms with van der Waals surface area (Å²) in [6.45, 7) is 8.46. The molecule has 3 heteroatoms. The molecule has 2 rings (SSSR count). The van der Waals surface area contributed by atoms with Gasteiger partial charge >= 0.3 is 0 Å². The number of halogens is 1. The fourth-order valence-electron chi connectivity index (χ4n) is 2.59. The molecule has 1 aromatic rings. The fraction of sp³-hybridized carbons (Fsp3) is 0.571. The van der Waals surface area contributed by atoms with Gasteiger partial charge in [0.1, 0.15) is 5.75 Å². The summed E-state index contributed by atoms with van der Waals surface area (Å²) in [6, 6.07) is 3.98. The molecule has 17 heavy (non-hydrogen) atoms. The Balaban J connectivity index is 2.24. The van der Waals surface area contributed by atoms with E-state index >= 15 is 0 Å². The van der Waals surface area contributed by atoms with E-state index in [1.165, 1.54) is 12.8 Å². The van der Waals surface area contributed by atoms with Crippen LogP contribution in [-0.4, -0.2) is 22.1 Å². The van der Waals surface area contributed by atoms with Crippen LogP contribution in [0.5, 0.6) is 5.75 Å². The molecule has 0 aliphatic carbocycles. The highest BCUT2D eigenvalue weighted by atomic mass is 79.9. The van der Waals surface area contributed by atoms with Gasteiger partial charge in [-0.3, -0.25) is 4.90 Å². The van der Waals surface area contributed by atoms with Crippen molar-refractivity contribution in [1.29, 1.82) is 0 Å². The van der Waals surface area contributed by atoms with Crippen LogP contribution in [0.1, 0.15) is 37.8 Å². The minimum Gasteiger partial charge on any atom is -0.507 e. The van der Waals surface area contributed by atoms with Gasteiger partial charge in [-0.1, -0.05) is 15.9 Å². The summed E-state index contributed by atoms with van der Waals surface area (Å²) in [6.07, 6.45) is 2.49. The lowest BCUT2D eigenvalue weighted by atomic mass is 10.0. The molecule has 1 fully saturated rings. The van der Waals surface area contributed by atoms with E-state index in [-0.39, 0.29) is 5.54 Å². The minimum atomic E-state index is 0.253. The van der Waals surface area contributed by atoms with E-state index in [0.717, 1.165) is 28.7 Å². The van der Waals surface area contributed by atoms with Crippen LogP contribution in [0.3, 0.4) is 0 Å². The molecular weight excluding hydrogens is 278 g/mol. The van der Waals surface area contributed by atoms with Crippen molar-refractivity contribution in [2.24, 2.45) is 0 Å². The van der Waals surface area contributed by atoms with Crippen molar-refractivity contribution in [3.05, 3.63) is 27.7 Å². The van der Waals surface area contributed by atoms with Gasteiger partial charge in [0.05, 0.1) is 0 Å². The average molecular weight is 298 g/mol. The van der Waals surface area contributed by atoms with Crippen molar-refractivity contribution in [1.82, 2.24) is 4.90 Å². The van der Waals surface area contributed by atoms with Crippen molar-refractivity contribution in [3.8, 4) is 5.75 Å². The van der Waals surface area contributed by atoms with Gasteiger partial charge < -0.3 is 5.11 Å². The number of aromatic hydroxyl groups is 1. The SMILES string of the molecule is Cc1cc(Br)cc(CN2CCCC2(C)C)c1O. The van der Waals surface area contributed by atoms with Gasteiger partial charge in [-0.2, -0.15) is 0 Å². The molecule has 1 N–H and O–H groups in total. The second-order valence-corrected chi connectivity index (χ2v) is 6.48. The molecule has 2 nitrogen and oxygen atoms in total. The van der Waals surface area contributed by atoms with Crippen LogP contribution >= 0.6 is 15.9 Å². The number of phenolic OH excluding ortho intramolecular Hbond substituents is 1. The highest BCUT2D eigenvalue weighted by Crippen LogP contribution is 2.33. The first kappa shape index (κ1) is 12.9. The summed E-state index contributed by atoms with van der Waals surface area (Å²) in [5, 5.41) is 10.1. The third-order valence-electron chi connectivity index (χ3n) is 3.78. The monoisotopic (exact) mass is 297 g/mol. The Bertz CT molecular complexity index is 428. The molecule has 0 aromatic heterocycles. The molecule has 0 bridgehead atoms. The maximum atomic E-state index is 10.1. The molecule has 94 valence electrons. The van der Waals surface area contributed by atoms with E-state index in [2.05, 4.69) is 34.7 Å².